The second kappa shape index (κ2) is 37.3. The average Bonchev–Trinajstić information content (AvgIpc) is 0.768. The summed E-state index contributed by atoms with van der Waals surface area (Å²) < 4.78 is 120. The molecule has 3 rings (SSSR count). The van der Waals surface area contributed by atoms with Gasteiger partial charge in [0.2, 0.25) is 0 Å². The number of esters is 3. The second-order valence-electron chi connectivity index (χ2n) is 35.7. The van der Waals surface area contributed by atoms with Gasteiger partial charge >= 0.3 is 95.0 Å². The van der Waals surface area contributed by atoms with E-state index < -0.39 is 166 Å². The number of rotatable bonds is 38. The van der Waals surface area contributed by atoms with Crippen molar-refractivity contribution in [3.05, 3.63) is 24.3 Å². The van der Waals surface area contributed by atoms with Gasteiger partial charge in [-0.2, -0.15) is 0 Å². The maximum absolute atomic E-state index is 12.8. The molecule has 580 valence electrons. The van der Waals surface area contributed by atoms with Crippen LogP contribution in [0.25, 0.3) is 0 Å². The first kappa shape index (κ1) is 94.4. The monoisotopic (exact) mass is 1700 g/mol. The van der Waals surface area contributed by atoms with Crippen LogP contribution in [0.2, 0.25) is 267 Å². The van der Waals surface area contributed by atoms with Crippen molar-refractivity contribution in [1.29, 1.82) is 0 Å². The number of hydrogen-bond acceptors (Lipinski definition) is 20. The molecule has 10 atom stereocenters. The van der Waals surface area contributed by atoms with Gasteiger partial charge in [-0.1, -0.05) is 27.0 Å². The fraction of sp³-hybridized carbons (Fsp3) is 0.885. The van der Waals surface area contributed by atoms with E-state index >= 15 is 0 Å². The molecule has 3 saturated heterocycles. The van der Waals surface area contributed by atoms with Crippen LogP contribution >= 0.6 is 0 Å². The minimum Gasteiger partial charge on any atom is -0.466 e. The zero-order valence-corrected chi connectivity index (χ0v) is 86.7. The topological polar surface area (TPSA) is 208 Å². The van der Waals surface area contributed by atoms with Crippen molar-refractivity contribution in [2.45, 2.75) is 321 Å². The van der Waals surface area contributed by atoms with E-state index in [9.17, 15) is 14.4 Å². The molecule has 3 aliphatic heterocycles. The standard InChI is InChI=1S/C61H144O20Si18/c1-34-59(62)65-39-37-41-85(11,12)70-86(13,14)43-40-82(7)68-83(8)69-84(9,10)44-49-97(31)76-93(27,42-36-35-38-66-60(63)56(2)3)77-98(32,81-99(33,80-97)55-58(6)54-67-61(64)57(4)5)53-48-90(21,22)73-91(23,24)72-89(19,20)47-51-95(29)75-92(25,26)74-94(28)50-45-87(15,16)71-88(17,18)46-52-96(30,78-94)79-95/h58,82-83H,2,4,34-55H2,1,3,5-33H3. The summed E-state index contributed by atoms with van der Waals surface area (Å²) in [6.07, 6.45) is 2.58. The molecule has 0 aliphatic carbocycles. The highest BCUT2D eigenvalue weighted by Crippen LogP contribution is 2.45. The predicted octanol–water partition coefficient (Wildman–Crippen LogP) is 17.8. The van der Waals surface area contributed by atoms with Crippen LogP contribution in [0.1, 0.15) is 53.4 Å². The van der Waals surface area contributed by atoms with Crippen molar-refractivity contribution < 1.29 is 86.2 Å². The second-order valence-corrected chi connectivity index (χ2v) is 104. The normalized spacial score (nSPS) is 29.2. The zero-order valence-electron chi connectivity index (χ0n) is 68.4. The number of fused-ring (bicyclic) bond motifs is 2. The Balaban J connectivity index is 1.92. The number of carbonyl (C=O) groups excluding carboxylic acids is 3. The van der Waals surface area contributed by atoms with Crippen molar-refractivity contribution in [2.24, 2.45) is 5.92 Å². The highest BCUT2D eigenvalue weighted by molar-refractivity contribution is 6.97. The molecule has 99 heavy (non-hydrogen) atoms. The molecule has 0 radical (unpaired) electrons. The molecule has 20 nitrogen and oxygen atoms in total. The number of carbonyl (C=O) groups is 3. The van der Waals surface area contributed by atoms with Gasteiger partial charge < -0.3 is 71.8 Å². The third kappa shape index (κ3) is 36.5. The van der Waals surface area contributed by atoms with Crippen LogP contribution in [0.4, 0.5) is 0 Å². The fourth-order valence-corrected chi connectivity index (χ4v) is 117. The van der Waals surface area contributed by atoms with Gasteiger partial charge in [-0.3, -0.25) is 4.79 Å². The number of hydrogen-bond donors (Lipinski definition) is 0. The van der Waals surface area contributed by atoms with Crippen molar-refractivity contribution >= 4 is 172 Å². The molecular weight excluding hydrogens is 1560 g/mol. The van der Waals surface area contributed by atoms with E-state index in [1.807, 2.05) is 6.92 Å². The summed E-state index contributed by atoms with van der Waals surface area (Å²) in [7, 11) is -45.3. The quantitative estimate of drug-likeness (QED) is 0.0185. The van der Waals surface area contributed by atoms with Gasteiger partial charge in [0.15, 0.2) is 67.3 Å². The van der Waals surface area contributed by atoms with E-state index in [1.165, 1.54) is 0 Å². The Morgan fingerprint density at radius 3 is 1.38 bits per heavy atom. The molecule has 3 aliphatic rings. The molecular formula is C61H144O20Si18. The van der Waals surface area contributed by atoms with Crippen molar-refractivity contribution in [3.63, 3.8) is 0 Å². The molecule has 2 bridgehead atoms. The summed E-state index contributed by atoms with van der Waals surface area (Å²) >= 11 is 0. The summed E-state index contributed by atoms with van der Waals surface area (Å²) in [4.78, 5) is 37.0. The molecule has 0 aromatic rings. The molecule has 0 aromatic heterocycles. The smallest absolute Gasteiger partial charge is 0.333 e. The van der Waals surface area contributed by atoms with Gasteiger partial charge in [0.05, 0.1) is 19.8 Å². The van der Waals surface area contributed by atoms with Gasteiger partial charge in [-0.25, -0.2) is 9.59 Å². The third-order valence-electron chi connectivity index (χ3n) is 18.3. The van der Waals surface area contributed by atoms with Crippen molar-refractivity contribution in [1.82, 2.24) is 0 Å². The summed E-state index contributed by atoms with van der Waals surface area (Å²) in [5.74, 6) is -1.06. The molecule has 38 heteroatoms. The van der Waals surface area contributed by atoms with Crippen molar-refractivity contribution in [2.75, 3.05) is 19.8 Å². The fourth-order valence-electron chi connectivity index (χ4n) is 14.6. The minimum atomic E-state index is -3.25. The lowest BCUT2D eigenvalue weighted by Crippen LogP contribution is -2.68. The Kier molecular flexibility index (Phi) is 35.6. The van der Waals surface area contributed by atoms with Crippen LogP contribution in [0.5, 0.6) is 0 Å². The van der Waals surface area contributed by atoms with Gasteiger partial charge in [0.25, 0.3) is 9.28 Å². The van der Waals surface area contributed by atoms with Gasteiger partial charge in [-0.05, 0) is 306 Å². The van der Waals surface area contributed by atoms with E-state index in [1.54, 1.807) is 13.8 Å². The summed E-state index contributed by atoms with van der Waals surface area (Å²) in [6, 6.07) is 12.6. The first-order valence-corrected chi connectivity index (χ1v) is 86.7. The molecule has 3 heterocycles. The van der Waals surface area contributed by atoms with E-state index in [0.29, 0.717) is 61.2 Å². The van der Waals surface area contributed by atoms with E-state index in [-0.39, 0.29) is 25.1 Å². The third-order valence-corrected chi connectivity index (χ3v) is 93.9. The van der Waals surface area contributed by atoms with E-state index in [0.717, 1.165) is 72.9 Å². The molecule has 0 amide bonds. The Hall–Kier alpha value is 1.23. The Morgan fingerprint density at radius 1 is 0.465 bits per heavy atom. The first-order valence-electron chi connectivity index (χ1n) is 37.1. The maximum atomic E-state index is 12.8. The molecule has 3 fully saturated rings. The molecule has 0 spiro atoms. The highest BCUT2D eigenvalue weighted by Gasteiger charge is 2.60. The zero-order chi connectivity index (χ0) is 76.2. The summed E-state index contributed by atoms with van der Waals surface area (Å²) in [6.45, 7) is 77.1. The van der Waals surface area contributed by atoms with Crippen LogP contribution in [0, 0.1) is 5.92 Å². The van der Waals surface area contributed by atoms with Crippen LogP contribution < -0.4 is 0 Å². The molecule has 10 unspecified atom stereocenters. The predicted molar refractivity (Wildman–Crippen MR) is 448 cm³/mol. The van der Waals surface area contributed by atoms with E-state index in [4.69, 9.17) is 71.8 Å². The minimum absolute atomic E-state index is 0.0970. The van der Waals surface area contributed by atoms with Crippen LogP contribution in [0.15, 0.2) is 24.3 Å². The molecule has 0 aromatic carbocycles. The largest absolute Gasteiger partial charge is 0.466 e. The highest BCUT2D eigenvalue weighted by atomic mass is 28.5. The lowest BCUT2D eigenvalue weighted by molar-refractivity contribution is -0.143. The van der Waals surface area contributed by atoms with Gasteiger partial charge in [-0.15, -0.1) is 0 Å². The van der Waals surface area contributed by atoms with E-state index in [2.05, 4.69) is 197 Å². The summed E-state index contributed by atoms with van der Waals surface area (Å²) in [5, 5.41) is 0. The van der Waals surface area contributed by atoms with Gasteiger partial charge in [0.1, 0.15) is 0 Å². The van der Waals surface area contributed by atoms with Crippen LogP contribution in [-0.4, -0.2) is 191 Å². The van der Waals surface area contributed by atoms with Gasteiger partial charge in [0, 0.05) is 17.6 Å². The number of unbranched alkanes of at least 4 members (excludes halogenated alkanes) is 1. The van der Waals surface area contributed by atoms with Crippen LogP contribution in [-0.2, 0) is 86.2 Å². The lowest BCUT2D eigenvalue weighted by Gasteiger charge is -2.51. The number of ether oxygens (including phenoxy) is 3. The molecule has 0 N–H and O–H groups in total. The SMILES string of the molecule is C=C(C)C(=O)OCCCC[Si]1(C)O[Si](C)(CC[Si](C)(C)O[SiH](C)O[SiH](C)CC[Si](C)(C)O[Si](C)(C)CCCOC(=O)CC)O[Si](C)(CC(C)COC(=O)C(=C)C)O[Si](C)(CC[Si](C)(C)O[Si](C)(C)O[Si](C)(C)CC[Si]2(C)O[Si](C)(C)O[Si]3(C)CC[Si](C)(C)O[Si](C)(C)CC[Si](C)(O3)O2)O1. The Labute approximate surface area is 623 Å². The van der Waals surface area contributed by atoms with Crippen LogP contribution in [0.3, 0.4) is 0 Å². The Morgan fingerprint density at radius 2 is 0.889 bits per heavy atom. The first-order chi connectivity index (χ1) is 44.5. The Bertz CT molecular complexity index is 2670. The summed E-state index contributed by atoms with van der Waals surface area (Å²) in [5.41, 5.74) is 0.724. The lowest BCUT2D eigenvalue weighted by atomic mass is 10.2. The maximum Gasteiger partial charge on any atom is 0.333 e. The average molecular weight is 1700 g/mol. The van der Waals surface area contributed by atoms with Crippen molar-refractivity contribution in [3.8, 4) is 0 Å². The molecule has 0 saturated carbocycles.